The highest BCUT2D eigenvalue weighted by molar-refractivity contribution is 5.94. The molecule has 0 saturated heterocycles. The Kier molecular flexibility index (Phi) is 3.49. The molecule has 0 unspecified atom stereocenters. The average molecular weight is 225 g/mol. The summed E-state index contributed by atoms with van der Waals surface area (Å²) in [7, 11) is 0. The third-order valence-electron chi connectivity index (χ3n) is 2.25. The number of oxime groups is 1. The molecule has 0 saturated carbocycles. The van der Waals surface area contributed by atoms with Gasteiger partial charge in [-0.05, 0) is 0 Å². The van der Waals surface area contributed by atoms with Crippen LogP contribution >= 0.6 is 0 Å². The minimum absolute atomic E-state index is 0.0694. The van der Waals surface area contributed by atoms with Gasteiger partial charge in [0.2, 0.25) is 0 Å². The maximum atomic E-state index is 11.5. The lowest BCUT2D eigenvalue weighted by Crippen LogP contribution is -2.42. The predicted molar refractivity (Wildman–Crippen MR) is 58.1 cm³/mol. The van der Waals surface area contributed by atoms with E-state index in [1.807, 2.05) is 0 Å². The Bertz CT molecular complexity index is 383. The molecule has 7 heteroatoms. The number of carbonyl (C=O) groups excluding carboxylic acids is 1. The minimum atomic E-state index is -0.603. The van der Waals surface area contributed by atoms with Gasteiger partial charge in [-0.15, -0.1) is 0 Å². The molecule has 1 rings (SSSR count). The zero-order chi connectivity index (χ0) is 12.2. The molecule has 0 aliphatic rings. The molecule has 0 atom stereocenters. The highest BCUT2D eigenvalue weighted by Gasteiger charge is 2.24. The fraction of sp³-hybridized carbons (Fsp3) is 0.444. The van der Waals surface area contributed by atoms with Crippen molar-refractivity contribution < 1.29 is 10.0 Å². The van der Waals surface area contributed by atoms with Crippen molar-refractivity contribution in [2.45, 2.75) is 13.8 Å². The van der Waals surface area contributed by atoms with Crippen LogP contribution in [0.5, 0.6) is 0 Å². The van der Waals surface area contributed by atoms with E-state index in [9.17, 15) is 4.79 Å². The standard InChI is InChI=1S/C9H15N5O2/c1-9(2,8(10)14-16)5-11-7(15)6-3-12-13-4-6/h3-4,16H,5H2,1-2H3,(H2,10,14)(H,11,15)(H,12,13). The van der Waals surface area contributed by atoms with Crippen molar-refractivity contribution >= 4 is 11.7 Å². The van der Waals surface area contributed by atoms with Crippen LogP contribution in [0.15, 0.2) is 17.5 Å². The van der Waals surface area contributed by atoms with Crippen molar-refractivity contribution in [1.29, 1.82) is 0 Å². The Morgan fingerprint density at radius 3 is 2.94 bits per heavy atom. The van der Waals surface area contributed by atoms with Crippen LogP contribution in [0.1, 0.15) is 24.2 Å². The molecule has 7 nitrogen and oxygen atoms in total. The summed E-state index contributed by atoms with van der Waals surface area (Å²) in [5.41, 5.74) is 5.32. The fourth-order valence-electron chi connectivity index (χ4n) is 1.00. The first-order valence-corrected chi connectivity index (χ1v) is 4.72. The first-order chi connectivity index (χ1) is 7.47. The molecule has 1 heterocycles. The number of hydrogen-bond acceptors (Lipinski definition) is 4. The Labute approximate surface area is 92.7 Å². The van der Waals surface area contributed by atoms with Gasteiger partial charge in [-0.2, -0.15) is 5.10 Å². The van der Waals surface area contributed by atoms with Crippen LogP contribution in [0.2, 0.25) is 0 Å². The molecule has 5 N–H and O–H groups in total. The summed E-state index contributed by atoms with van der Waals surface area (Å²) in [6, 6.07) is 0. The number of amidine groups is 1. The van der Waals surface area contributed by atoms with E-state index in [1.54, 1.807) is 13.8 Å². The Morgan fingerprint density at radius 2 is 2.44 bits per heavy atom. The van der Waals surface area contributed by atoms with Crippen LogP contribution in [0.4, 0.5) is 0 Å². The maximum Gasteiger partial charge on any atom is 0.254 e. The molecule has 0 radical (unpaired) electrons. The molecular weight excluding hydrogens is 210 g/mol. The predicted octanol–water partition coefficient (Wildman–Crippen LogP) is -0.0879. The number of nitrogens with two attached hydrogens (primary N) is 1. The summed E-state index contributed by atoms with van der Waals surface area (Å²) in [5, 5.41) is 20.4. The van der Waals surface area contributed by atoms with E-state index in [2.05, 4.69) is 20.7 Å². The van der Waals surface area contributed by atoms with Gasteiger partial charge in [0.1, 0.15) is 5.84 Å². The van der Waals surface area contributed by atoms with Gasteiger partial charge in [0, 0.05) is 18.2 Å². The van der Waals surface area contributed by atoms with Gasteiger partial charge in [-0.3, -0.25) is 9.89 Å². The number of aromatic amines is 1. The third-order valence-corrected chi connectivity index (χ3v) is 2.25. The summed E-state index contributed by atoms with van der Waals surface area (Å²) in [4.78, 5) is 11.5. The molecular formula is C9H15N5O2. The van der Waals surface area contributed by atoms with Gasteiger partial charge in [-0.25, -0.2) is 0 Å². The number of hydrogen-bond donors (Lipinski definition) is 4. The SMILES string of the molecule is CC(C)(CNC(=O)c1cn[nH]c1)C(N)=NO. The topological polar surface area (TPSA) is 116 Å². The van der Waals surface area contributed by atoms with Crippen molar-refractivity contribution in [2.24, 2.45) is 16.3 Å². The van der Waals surface area contributed by atoms with E-state index in [1.165, 1.54) is 12.4 Å². The molecule has 0 aliphatic heterocycles. The van der Waals surface area contributed by atoms with Crippen LogP contribution in [-0.2, 0) is 0 Å². The van der Waals surface area contributed by atoms with Crippen molar-refractivity contribution in [2.75, 3.05) is 6.54 Å². The second-order valence-corrected chi connectivity index (χ2v) is 4.04. The van der Waals surface area contributed by atoms with Crippen molar-refractivity contribution in [3.05, 3.63) is 18.0 Å². The Morgan fingerprint density at radius 1 is 1.75 bits per heavy atom. The molecule has 0 spiro atoms. The average Bonchev–Trinajstić information content (AvgIpc) is 2.78. The van der Waals surface area contributed by atoms with E-state index >= 15 is 0 Å². The van der Waals surface area contributed by atoms with Crippen LogP contribution in [0.25, 0.3) is 0 Å². The van der Waals surface area contributed by atoms with Gasteiger partial charge in [0.15, 0.2) is 0 Å². The van der Waals surface area contributed by atoms with Crippen molar-refractivity contribution in [3.63, 3.8) is 0 Å². The maximum absolute atomic E-state index is 11.5. The monoisotopic (exact) mass is 225 g/mol. The summed E-state index contributed by atoms with van der Waals surface area (Å²) < 4.78 is 0. The zero-order valence-electron chi connectivity index (χ0n) is 9.19. The number of carbonyl (C=O) groups is 1. The molecule has 1 aromatic rings. The van der Waals surface area contributed by atoms with Crippen LogP contribution < -0.4 is 11.1 Å². The molecule has 88 valence electrons. The van der Waals surface area contributed by atoms with Gasteiger partial charge < -0.3 is 16.3 Å². The Balaban J connectivity index is 2.55. The second-order valence-electron chi connectivity index (χ2n) is 4.04. The van der Waals surface area contributed by atoms with Crippen LogP contribution in [0.3, 0.4) is 0 Å². The number of amides is 1. The minimum Gasteiger partial charge on any atom is -0.409 e. The lowest BCUT2D eigenvalue weighted by Gasteiger charge is -2.22. The lowest BCUT2D eigenvalue weighted by molar-refractivity contribution is 0.0944. The first-order valence-electron chi connectivity index (χ1n) is 4.72. The molecule has 0 fully saturated rings. The molecule has 0 aliphatic carbocycles. The van der Waals surface area contributed by atoms with E-state index in [4.69, 9.17) is 10.9 Å². The van der Waals surface area contributed by atoms with Crippen molar-refractivity contribution in [3.8, 4) is 0 Å². The summed E-state index contributed by atoms with van der Waals surface area (Å²) in [6.45, 7) is 3.79. The third kappa shape index (κ3) is 2.72. The molecule has 1 amide bonds. The number of aromatic nitrogens is 2. The van der Waals surface area contributed by atoms with E-state index in [-0.39, 0.29) is 18.3 Å². The van der Waals surface area contributed by atoms with Crippen LogP contribution in [-0.4, -0.2) is 33.7 Å². The lowest BCUT2D eigenvalue weighted by atomic mass is 9.92. The van der Waals surface area contributed by atoms with E-state index in [0.29, 0.717) is 5.56 Å². The number of nitrogens with zero attached hydrogens (tertiary/aromatic N) is 2. The Hall–Kier alpha value is -2.05. The molecule has 16 heavy (non-hydrogen) atoms. The van der Waals surface area contributed by atoms with Gasteiger partial charge >= 0.3 is 0 Å². The van der Waals surface area contributed by atoms with Gasteiger partial charge in [-0.1, -0.05) is 19.0 Å². The first kappa shape index (κ1) is 12.0. The molecule has 1 aromatic heterocycles. The molecule has 0 aromatic carbocycles. The normalized spacial score (nSPS) is 12.5. The van der Waals surface area contributed by atoms with Crippen LogP contribution in [0, 0.1) is 5.41 Å². The highest BCUT2D eigenvalue weighted by atomic mass is 16.4. The van der Waals surface area contributed by atoms with E-state index < -0.39 is 5.41 Å². The fourth-order valence-corrected chi connectivity index (χ4v) is 1.00. The van der Waals surface area contributed by atoms with Gasteiger partial charge in [0.25, 0.3) is 5.91 Å². The van der Waals surface area contributed by atoms with E-state index in [0.717, 1.165) is 0 Å². The highest BCUT2D eigenvalue weighted by Crippen LogP contribution is 2.13. The number of rotatable bonds is 4. The largest absolute Gasteiger partial charge is 0.409 e. The smallest absolute Gasteiger partial charge is 0.254 e. The zero-order valence-corrected chi connectivity index (χ0v) is 9.19. The summed E-state index contributed by atoms with van der Waals surface area (Å²) >= 11 is 0. The van der Waals surface area contributed by atoms with Crippen molar-refractivity contribution in [1.82, 2.24) is 15.5 Å². The summed E-state index contributed by atoms with van der Waals surface area (Å²) in [5.74, 6) is -0.187. The summed E-state index contributed by atoms with van der Waals surface area (Å²) in [6.07, 6.45) is 2.91. The molecule has 0 bridgehead atoms. The number of H-pyrrole nitrogens is 1. The second kappa shape index (κ2) is 4.65. The van der Waals surface area contributed by atoms with Gasteiger partial charge in [0.05, 0.1) is 11.8 Å². The number of nitrogens with one attached hydrogen (secondary N) is 2. The quantitative estimate of drug-likeness (QED) is 0.248.